The summed E-state index contributed by atoms with van der Waals surface area (Å²) in [5.41, 5.74) is 3.44. The molecule has 3 aromatic heterocycles. The summed E-state index contributed by atoms with van der Waals surface area (Å²) in [7, 11) is 1.37. The number of pyridine rings is 1. The van der Waals surface area contributed by atoms with Crippen LogP contribution in [0, 0.1) is 0 Å². The summed E-state index contributed by atoms with van der Waals surface area (Å²) in [6.07, 6.45) is 7.87. The molecule has 0 amide bonds. The van der Waals surface area contributed by atoms with Crippen LogP contribution in [-0.2, 0) is 17.9 Å². The second-order valence-electron chi connectivity index (χ2n) is 5.98. The first-order valence-corrected chi connectivity index (χ1v) is 7.77. The molecule has 1 aliphatic carbocycles. The van der Waals surface area contributed by atoms with Crippen LogP contribution in [0.4, 0.5) is 0 Å². The zero-order valence-electron chi connectivity index (χ0n) is 13.2. The number of ether oxygens (including phenoxy) is 1. The summed E-state index contributed by atoms with van der Waals surface area (Å²) in [5, 5.41) is 16.8. The van der Waals surface area contributed by atoms with Gasteiger partial charge in [0.05, 0.1) is 32.2 Å². The van der Waals surface area contributed by atoms with E-state index in [1.807, 2.05) is 22.9 Å². The van der Waals surface area contributed by atoms with Gasteiger partial charge in [-0.05, 0) is 30.4 Å². The van der Waals surface area contributed by atoms with Crippen molar-refractivity contribution in [3.63, 3.8) is 0 Å². The van der Waals surface area contributed by atoms with E-state index in [-0.39, 0.29) is 12.6 Å². The molecule has 3 aromatic rings. The van der Waals surface area contributed by atoms with Gasteiger partial charge in [0, 0.05) is 12.4 Å². The maximum atomic E-state index is 12.1. The van der Waals surface area contributed by atoms with E-state index in [0.29, 0.717) is 29.4 Å². The number of carbonyl (C=O) groups is 1. The summed E-state index contributed by atoms with van der Waals surface area (Å²) in [4.78, 5) is 16.6. The molecule has 1 saturated carbocycles. The van der Waals surface area contributed by atoms with Crippen molar-refractivity contribution in [1.29, 1.82) is 0 Å². The van der Waals surface area contributed by atoms with Crippen molar-refractivity contribution < 1.29 is 14.6 Å². The molecule has 8 nitrogen and oxygen atoms in total. The van der Waals surface area contributed by atoms with Gasteiger partial charge in [-0.3, -0.25) is 0 Å². The van der Waals surface area contributed by atoms with E-state index in [9.17, 15) is 4.79 Å². The Bertz CT molecular complexity index is 910. The van der Waals surface area contributed by atoms with Crippen molar-refractivity contribution in [2.75, 3.05) is 7.11 Å². The quantitative estimate of drug-likeness (QED) is 0.706. The van der Waals surface area contributed by atoms with Gasteiger partial charge in [-0.2, -0.15) is 0 Å². The number of fused-ring (bicyclic) bond motifs is 1. The van der Waals surface area contributed by atoms with Gasteiger partial charge >= 0.3 is 5.97 Å². The molecular weight excluding hydrogens is 310 g/mol. The Morgan fingerprint density at radius 1 is 1.33 bits per heavy atom. The SMILES string of the molecule is COC(=O)c1cc(C2CC2)cn2cc(Cn3cc(CO)nn3)nc12. The second-order valence-corrected chi connectivity index (χ2v) is 5.98. The van der Waals surface area contributed by atoms with E-state index >= 15 is 0 Å². The highest BCUT2D eigenvalue weighted by molar-refractivity contribution is 5.96. The second kappa shape index (κ2) is 5.72. The number of nitrogens with zero attached hydrogens (tertiary/aromatic N) is 5. The van der Waals surface area contributed by atoms with Gasteiger partial charge < -0.3 is 14.2 Å². The highest BCUT2D eigenvalue weighted by atomic mass is 16.5. The van der Waals surface area contributed by atoms with Gasteiger partial charge in [0.2, 0.25) is 0 Å². The van der Waals surface area contributed by atoms with E-state index in [1.54, 1.807) is 10.9 Å². The topological polar surface area (TPSA) is 94.5 Å². The molecule has 0 radical (unpaired) electrons. The maximum absolute atomic E-state index is 12.1. The van der Waals surface area contributed by atoms with Gasteiger partial charge in [-0.25, -0.2) is 14.5 Å². The molecule has 0 spiro atoms. The van der Waals surface area contributed by atoms with Gasteiger partial charge in [0.1, 0.15) is 11.3 Å². The summed E-state index contributed by atoms with van der Waals surface area (Å²) in [5.74, 6) is 0.133. The molecule has 0 aromatic carbocycles. The monoisotopic (exact) mass is 327 g/mol. The fourth-order valence-electron chi connectivity index (χ4n) is 2.80. The van der Waals surface area contributed by atoms with Crippen LogP contribution >= 0.6 is 0 Å². The number of imidazole rings is 1. The van der Waals surface area contributed by atoms with Crippen molar-refractivity contribution in [2.24, 2.45) is 0 Å². The molecule has 4 rings (SSSR count). The van der Waals surface area contributed by atoms with E-state index in [1.165, 1.54) is 7.11 Å². The minimum atomic E-state index is -0.386. The number of hydrogen-bond donors (Lipinski definition) is 1. The third-order valence-corrected chi connectivity index (χ3v) is 4.15. The molecule has 3 heterocycles. The number of aliphatic hydroxyl groups is 1. The van der Waals surface area contributed by atoms with Crippen molar-refractivity contribution >= 4 is 11.6 Å². The van der Waals surface area contributed by atoms with Gasteiger partial charge in [-0.1, -0.05) is 5.21 Å². The molecule has 0 atom stereocenters. The average molecular weight is 327 g/mol. The fraction of sp³-hybridized carbons (Fsp3) is 0.375. The zero-order valence-corrected chi connectivity index (χ0v) is 13.2. The van der Waals surface area contributed by atoms with Crippen molar-refractivity contribution in [1.82, 2.24) is 24.4 Å². The van der Waals surface area contributed by atoms with Crippen LogP contribution in [0.3, 0.4) is 0 Å². The van der Waals surface area contributed by atoms with Crippen LogP contribution in [0.2, 0.25) is 0 Å². The van der Waals surface area contributed by atoms with Crippen LogP contribution < -0.4 is 0 Å². The maximum Gasteiger partial charge on any atom is 0.341 e. The van der Waals surface area contributed by atoms with Crippen LogP contribution in [0.15, 0.2) is 24.7 Å². The fourth-order valence-corrected chi connectivity index (χ4v) is 2.80. The van der Waals surface area contributed by atoms with E-state index in [2.05, 4.69) is 15.3 Å². The van der Waals surface area contributed by atoms with Crippen molar-refractivity contribution in [2.45, 2.75) is 31.9 Å². The third kappa shape index (κ3) is 2.65. The Morgan fingerprint density at radius 3 is 2.83 bits per heavy atom. The molecule has 0 unspecified atom stereocenters. The van der Waals surface area contributed by atoms with E-state index < -0.39 is 0 Å². The molecule has 1 fully saturated rings. The zero-order chi connectivity index (χ0) is 16.7. The first-order valence-electron chi connectivity index (χ1n) is 7.77. The van der Waals surface area contributed by atoms with Crippen molar-refractivity contribution in [3.8, 4) is 0 Å². The van der Waals surface area contributed by atoms with E-state index in [4.69, 9.17) is 9.84 Å². The number of carbonyl (C=O) groups excluding carboxylic acids is 1. The Morgan fingerprint density at radius 2 is 2.17 bits per heavy atom. The highest BCUT2D eigenvalue weighted by Gasteiger charge is 2.26. The Labute approximate surface area is 137 Å². The van der Waals surface area contributed by atoms with Gasteiger partial charge in [-0.15, -0.1) is 5.10 Å². The minimum Gasteiger partial charge on any atom is -0.465 e. The Balaban J connectivity index is 1.74. The lowest BCUT2D eigenvalue weighted by atomic mass is 10.1. The lowest BCUT2D eigenvalue weighted by molar-refractivity contribution is 0.0602. The van der Waals surface area contributed by atoms with E-state index in [0.717, 1.165) is 24.1 Å². The predicted octanol–water partition coefficient (Wildman–Crippen LogP) is 1.13. The normalized spacial score (nSPS) is 14.2. The Kier molecular flexibility index (Phi) is 3.53. The van der Waals surface area contributed by atoms with Crippen LogP contribution in [0.25, 0.3) is 5.65 Å². The molecular formula is C16H17N5O3. The van der Waals surface area contributed by atoms with Crippen LogP contribution in [0.5, 0.6) is 0 Å². The number of hydrogen-bond acceptors (Lipinski definition) is 6. The smallest absolute Gasteiger partial charge is 0.341 e. The first kappa shape index (κ1) is 14.8. The summed E-state index contributed by atoms with van der Waals surface area (Å²) < 4.78 is 8.38. The Hall–Kier alpha value is -2.74. The minimum absolute atomic E-state index is 0.150. The van der Waals surface area contributed by atoms with Gasteiger partial charge in [0.15, 0.2) is 5.65 Å². The average Bonchev–Trinajstić information content (AvgIpc) is 3.22. The molecule has 1 N–H and O–H groups in total. The molecule has 24 heavy (non-hydrogen) atoms. The molecule has 1 aliphatic rings. The highest BCUT2D eigenvalue weighted by Crippen LogP contribution is 2.40. The lowest BCUT2D eigenvalue weighted by Crippen LogP contribution is -2.05. The molecule has 0 saturated heterocycles. The predicted molar refractivity (Wildman–Crippen MR) is 83.6 cm³/mol. The van der Waals surface area contributed by atoms with Crippen LogP contribution in [0.1, 0.15) is 46.1 Å². The molecule has 124 valence electrons. The van der Waals surface area contributed by atoms with Crippen LogP contribution in [-0.4, -0.2) is 42.6 Å². The largest absolute Gasteiger partial charge is 0.465 e. The number of methoxy groups -OCH3 is 1. The number of esters is 1. The third-order valence-electron chi connectivity index (χ3n) is 4.15. The van der Waals surface area contributed by atoms with Gasteiger partial charge in [0.25, 0.3) is 0 Å². The standard InChI is InChI=1S/C16H17N5O3/c1-24-16(23)14-4-11(10-2-3-10)5-20-6-12(17-15(14)20)7-21-8-13(9-22)18-19-21/h4-6,8,10,22H,2-3,7,9H2,1H3. The number of aromatic nitrogens is 5. The summed E-state index contributed by atoms with van der Waals surface area (Å²) >= 11 is 0. The molecule has 0 bridgehead atoms. The number of rotatable bonds is 5. The summed E-state index contributed by atoms with van der Waals surface area (Å²) in [6.45, 7) is 0.260. The molecule has 8 heteroatoms. The van der Waals surface area contributed by atoms with Crippen molar-refractivity contribution in [3.05, 3.63) is 47.2 Å². The number of aliphatic hydroxyl groups excluding tert-OH is 1. The summed E-state index contributed by atoms with van der Waals surface area (Å²) in [6, 6.07) is 1.88. The lowest BCUT2D eigenvalue weighted by Gasteiger charge is -2.05. The first-order chi connectivity index (χ1) is 11.7. The molecule has 0 aliphatic heterocycles.